The van der Waals surface area contributed by atoms with E-state index in [0.717, 1.165) is 17.3 Å². The predicted molar refractivity (Wildman–Crippen MR) is 55.9 cm³/mol. The third kappa shape index (κ3) is 1.11. The number of aromatic nitrogens is 3. The lowest BCUT2D eigenvalue weighted by Crippen LogP contribution is -1.88. The lowest BCUT2D eigenvalue weighted by Gasteiger charge is -1.98. The van der Waals surface area contributed by atoms with Crippen LogP contribution in [0.2, 0.25) is 0 Å². The highest BCUT2D eigenvalue weighted by atomic mass is 16.1. The summed E-state index contributed by atoms with van der Waals surface area (Å²) < 4.78 is 1.87. The predicted octanol–water partition coefficient (Wildman–Crippen LogP) is 1.69. The van der Waals surface area contributed by atoms with Crippen LogP contribution in [0.5, 0.6) is 0 Å². The molecule has 0 aliphatic heterocycles. The molecule has 0 aliphatic rings. The first-order chi connectivity index (χ1) is 7.38. The van der Waals surface area contributed by atoms with Crippen molar-refractivity contribution in [2.24, 2.45) is 0 Å². The van der Waals surface area contributed by atoms with Gasteiger partial charge < -0.3 is 0 Å². The smallest absolute Gasteiger partial charge is 0.170 e. The molecule has 1 aromatic carbocycles. The molecule has 0 N–H and O–H groups in total. The average Bonchev–Trinajstić information content (AvgIpc) is 2.72. The zero-order chi connectivity index (χ0) is 10.3. The number of hydrogen-bond donors (Lipinski definition) is 0. The maximum Gasteiger partial charge on any atom is 0.170 e. The van der Waals surface area contributed by atoms with Crippen LogP contribution in [0.1, 0.15) is 10.5 Å². The van der Waals surface area contributed by atoms with Crippen LogP contribution in [0.3, 0.4) is 0 Å². The molecule has 2 heterocycles. The van der Waals surface area contributed by atoms with E-state index in [1.807, 2.05) is 28.7 Å². The van der Waals surface area contributed by atoms with E-state index in [4.69, 9.17) is 0 Å². The van der Waals surface area contributed by atoms with Gasteiger partial charge in [0.25, 0.3) is 0 Å². The number of para-hydroxylation sites is 2. The van der Waals surface area contributed by atoms with Crippen LogP contribution in [0.15, 0.2) is 36.7 Å². The van der Waals surface area contributed by atoms with Crippen LogP contribution >= 0.6 is 0 Å². The molecule has 3 rings (SSSR count). The van der Waals surface area contributed by atoms with Crippen molar-refractivity contribution in [2.75, 3.05) is 0 Å². The van der Waals surface area contributed by atoms with Crippen molar-refractivity contribution in [1.82, 2.24) is 14.4 Å². The molecule has 0 saturated heterocycles. The van der Waals surface area contributed by atoms with Crippen molar-refractivity contribution in [1.29, 1.82) is 0 Å². The van der Waals surface area contributed by atoms with Gasteiger partial charge in [-0.3, -0.25) is 14.2 Å². The number of fused-ring (bicyclic) bond motifs is 3. The van der Waals surface area contributed by atoms with Gasteiger partial charge >= 0.3 is 0 Å². The molecule has 15 heavy (non-hydrogen) atoms. The molecular formula is C11H7N3O. The number of benzene rings is 1. The van der Waals surface area contributed by atoms with Crippen molar-refractivity contribution in [3.63, 3.8) is 0 Å². The van der Waals surface area contributed by atoms with E-state index < -0.39 is 0 Å². The lowest BCUT2D eigenvalue weighted by atomic mass is 10.3. The van der Waals surface area contributed by atoms with Crippen LogP contribution in [-0.4, -0.2) is 20.7 Å². The fourth-order valence-electron chi connectivity index (χ4n) is 1.66. The van der Waals surface area contributed by atoms with E-state index in [1.165, 1.54) is 0 Å². The van der Waals surface area contributed by atoms with E-state index in [-0.39, 0.29) is 0 Å². The normalized spacial score (nSPS) is 10.9. The standard InChI is InChI=1S/C11H7N3O/c15-7-8-6-14-10-4-2-1-3-9(10)12-5-11(14)13-8/h1-7H. The van der Waals surface area contributed by atoms with Crippen LogP contribution in [0, 0.1) is 0 Å². The van der Waals surface area contributed by atoms with Gasteiger partial charge in [-0.2, -0.15) is 0 Å². The Morgan fingerprint density at radius 2 is 2.13 bits per heavy atom. The Morgan fingerprint density at radius 1 is 1.27 bits per heavy atom. The summed E-state index contributed by atoms with van der Waals surface area (Å²) in [4.78, 5) is 19.0. The van der Waals surface area contributed by atoms with Crippen molar-refractivity contribution in [3.05, 3.63) is 42.4 Å². The Kier molecular flexibility index (Phi) is 1.56. The average molecular weight is 197 g/mol. The maximum atomic E-state index is 10.6. The number of hydrogen-bond acceptors (Lipinski definition) is 3. The van der Waals surface area contributed by atoms with E-state index in [1.54, 1.807) is 12.4 Å². The van der Waals surface area contributed by atoms with E-state index >= 15 is 0 Å². The molecule has 4 heteroatoms. The molecule has 4 nitrogen and oxygen atoms in total. The summed E-state index contributed by atoms with van der Waals surface area (Å²) in [5, 5.41) is 0. The van der Waals surface area contributed by atoms with Gasteiger partial charge in [0.2, 0.25) is 0 Å². The number of nitrogens with zero attached hydrogens (tertiary/aromatic N) is 3. The minimum atomic E-state index is 0.424. The first-order valence-corrected chi connectivity index (χ1v) is 4.56. The van der Waals surface area contributed by atoms with E-state index in [9.17, 15) is 4.79 Å². The number of imidazole rings is 1. The highest BCUT2D eigenvalue weighted by Crippen LogP contribution is 2.13. The maximum absolute atomic E-state index is 10.6. The van der Waals surface area contributed by atoms with Crippen LogP contribution < -0.4 is 0 Å². The number of rotatable bonds is 1. The fourth-order valence-corrected chi connectivity index (χ4v) is 1.66. The highest BCUT2D eigenvalue weighted by Gasteiger charge is 2.03. The largest absolute Gasteiger partial charge is 0.296 e. The SMILES string of the molecule is O=Cc1cn2c(cnc3ccccc32)n1. The van der Waals surface area contributed by atoms with Gasteiger partial charge in [-0.25, -0.2) is 4.98 Å². The molecule has 0 atom stereocenters. The van der Waals surface area contributed by atoms with Gasteiger partial charge in [-0.1, -0.05) is 12.1 Å². The Hall–Kier alpha value is -2.23. The molecule has 0 radical (unpaired) electrons. The van der Waals surface area contributed by atoms with Crippen molar-refractivity contribution >= 4 is 23.0 Å². The third-order valence-corrected chi connectivity index (χ3v) is 2.33. The molecule has 0 saturated carbocycles. The summed E-state index contributed by atoms with van der Waals surface area (Å²) in [6.45, 7) is 0. The molecule has 0 fully saturated rings. The zero-order valence-corrected chi connectivity index (χ0v) is 7.79. The van der Waals surface area contributed by atoms with Crippen LogP contribution in [-0.2, 0) is 0 Å². The zero-order valence-electron chi connectivity index (χ0n) is 7.79. The minimum absolute atomic E-state index is 0.424. The molecule has 0 unspecified atom stereocenters. The van der Waals surface area contributed by atoms with Crippen LogP contribution in [0.25, 0.3) is 16.7 Å². The van der Waals surface area contributed by atoms with Gasteiger partial charge in [0.1, 0.15) is 5.69 Å². The van der Waals surface area contributed by atoms with Gasteiger partial charge in [0.05, 0.1) is 17.2 Å². The summed E-state index contributed by atoms with van der Waals surface area (Å²) in [5.74, 6) is 0. The van der Waals surface area contributed by atoms with Crippen molar-refractivity contribution in [2.45, 2.75) is 0 Å². The Balaban J connectivity index is 2.52. The van der Waals surface area contributed by atoms with Gasteiger partial charge in [-0.15, -0.1) is 0 Å². The molecule has 0 bridgehead atoms. The molecule has 2 aromatic heterocycles. The molecular weight excluding hydrogens is 190 g/mol. The quantitative estimate of drug-likeness (QED) is 0.558. The highest BCUT2D eigenvalue weighted by molar-refractivity contribution is 5.80. The lowest BCUT2D eigenvalue weighted by molar-refractivity contribution is 0.111. The molecule has 0 aliphatic carbocycles. The second kappa shape index (κ2) is 2.88. The summed E-state index contributed by atoms with van der Waals surface area (Å²) in [5.41, 5.74) is 2.96. The second-order valence-electron chi connectivity index (χ2n) is 3.26. The molecule has 3 aromatic rings. The minimum Gasteiger partial charge on any atom is -0.296 e. The monoisotopic (exact) mass is 197 g/mol. The van der Waals surface area contributed by atoms with Gasteiger partial charge in [-0.05, 0) is 12.1 Å². The molecule has 0 amide bonds. The summed E-state index contributed by atoms with van der Waals surface area (Å²) in [6.07, 6.45) is 4.11. The van der Waals surface area contributed by atoms with Gasteiger partial charge in [0, 0.05) is 6.20 Å². The van der Waals surface area contributed by atoms with Crippen LogP contribution in [0.4, 0.5) is 0 Å². The van der Waals surface area contributed by atoms with E-state index in [0.29, 0.717) is 11.3 Å². The van der Waals surface area contributed by atoms with Crippen molar-refractivity contribution < 1.29 is 4.79 Å². The number of carbonyl (C=O) groups excluding carboxylic acids is 1. The number of carbonyl (C=O) groups is 1. The first kappa shape index (κ1) is 8.11. The van der Waals surface area contributed by atoms with Gasteiger partial charge in [0.15, 0.2) is 11.9 Å². The van der Waals surface area contributed by atoms with Crippen molar-refractivity contribution in [3.8, 4) is 0 Å². The fraction of sp³-hybridized carbons (Fsp3) is 0. The molecule has 0 spiro atoms. The summed E-state index contributed by atoms with van der Waals surface area (Å²) in [7, 11) is 0. The Morgan fingerprint density at radius 3 is 3.00 bits per heavy atom. The Labute approximate surface area is 85.2 Å². The Bertz CT molecular complexity index is 657. The number of aldehydes is 1. The topological polar surface area (TPSA) is 47.3 Å². The molecule has 72 valence electrons. The summed E-state index contributed by atoms with van der Waals surface area (Å²) in [6, 6.07) is 7.74. The first-order valence-electron chi connectivity index (χ1n) is 4.56. The van der Waals surface area contributed by atoms with E-state index in [2.05, 4.69) is 9.97 Å². The second-order valence-corrected chi connectivity index (χ2v) is 3.26. The third-order valence-electron chi connectivity index (χ3n) is 2.33. The summed E-state index contributed by atoms with van der Waals surface area (Å²) >= 11 is 0.